The van der Waals surface area contributed by atoms with Crippen LogP contribution in [0.2, 0.25) is 0 Å². The van der Waals surface area contributed by atoms with Gasteiger partial charge in [-0.2, -0.15) is 0 Å². The van der Waals surface area contributed by atoms with E-state index in [0.29, 0.717) is 10.4 Å². The van der Waals surface area contributed by atoms with Crippen molar-refractivity contribution in [1.29, 1.82) is 0 Å². The number of ether oxygens (including phenoxy) is 1. The number of halogens is 1. The summed E-state index contributed by atoms with van der Waals surface area (Å²) in [7, 11) is 0. The molecule has 2 aromatic rings. The van der Waals surface area contributed by atoms with Gasteiger partial charge >= 0.3 is 5.97 Å². The quantitative estimate of drug-likeness (QED) is 0.570. The molecule has 0 radical (unpaired) electrons. The minimum absolute atomic E-state index is 0.235. The predicted molar refractivity (Wildman–Crippen MR) is 100 cm³/mol. The smallest absolute Gasteiger partial charge is 0.325 e. The fraction of sp³-hybridized carbons (Fsp3) is 0.222. The monoisotopic (exact) mass is 407 g/mol. The van der Waals surface area contributed by atoms with Crippen LogP contribution in [0.5, 0.6) is 0 Å². The number of thiophene rings is 1. The van der Waals surface area contributed by atoms with E-state index in [1.807, 2.05) is 0 Å². The van der Waals surface area contributed by atoms with Crippen LogP contribution in [0.1, 0.15) is 15.2 Å². The van der Waals surface area contributed by atoms with E-state index in [9.17, 15) is 23.6 Å². The number of hydrogen-bond donors (Lipinski definition) is 3. The third kappa shape index (κ3) is 6.80. The second kappa shape index (κ2) is 10.2. The molecule has 1 aromatic heterocycles. The Labute approximate surface area is 164 Å². The molecule has 0 fully saturated rings. The van der Waals surface area contributed by atoms with Gasteiger partial charge in [0.2, 0.25) is 5.91 Å². The van der Waals surface area contributed by atoms with Gasteiger partial charge in [0.1, 0.15) is 12.4 Å². The maximum Gasteiger partial charge on any atom is 0.325 e. The van der Waals surface area contributed by atoms with E-state index in [1.165, 1.54) is 23.5 Å². The van der Waals surface area contributed by atoms with E-state index in [2.05, 4.69) is 16.0 Å². The molecule has 1 aromatic carbocycles. The van der Waals surface area contributed by atoms with E-state index in [1.54, 1.807) is 24.4 Å². The standard InChI is InChI=1S/C18H18FN3O5S/c1-11-4-5-12(7-13(11)19)22-16(24)10-27-17(25)9-20-15(23)8-21-18(26)14-3-2-6-28-14/h2-7H,8-10H2,1H3,(H,20,23)(H,21,26)(H,22,24). The second-order valence-electron chi connectivity index (χ2n) is 5.61. The first kappa shape index (κ1) is 21.0. The molecule has 2 rings (SSSR count). The molecule has 0 aliphatic heterocycles. The summed E-state index contributed by atoms with van der Waals surface area (Å²) in [6.07, 6.45) is 0. The van der Waals surface area contributed by atoms with Gasteiger partial charge in [-0.05, 0) is 36.1 Å². The maximum absolute atomic E-state index is 13.4. The van der Waals surface area contributed by atoms with Crippen LogP contribution in [0.15, 0.2) is 35.7 Å². The highest BCUT2D eigenvalue weighted by atomic mass is 32.1. The number of carbonyl (C=O) groups excluding carboxylic acids is 4. The number of hydrogen-bond acceptors (Lipinski definition) is 6. The summed E-state index contributed by atoms with van der Waals surface area (Å²) in [6.45, 7) is 0.244. The Kier molecular flexibility index (Phi) is 7.64. The normalized spacial score (nSPS) is 10.1. The fourth-order valence-corrected chi connectivity index (χ4v) is 2.59. The molecular weight excluding hydrogens is 389 g/mol. The van der Waals surface area contributed by atoms with Crippen molar-refractivity contribution in [2.75, 3.05) is 25.0 Å². The summed E-state index contributed by atoms with van der Waals surface area (Å²) in [4.78, 5) is 47.0. The molecule has 3 amide bonds. The topological polar surface area (TPSA) is 114 Å². The van der Waals surface area contributed by atoms with Gasteiger partial charge in [-0.15, -0.1) is 11.3 Å². The molecule has 0 saturated heterocycles. The Morgan fingerprint density at radius 1 is 1.07 bits per heavy atom. The first-order valence-electron chi connectivity index (χ1n) is 8.15. The largest absolute Gasteiger partial charge is 0.454 e. The van der Waals surface area contributed by atoms with Crippen molar-refractivity contribution in [3.63, 3.8) is 0 Å². The molecule has 0 aliphatic rings. The van der Waals surface area contributed by atoms with Crippen molar-refractivity contribution < 1.29 is 28.3 Å². The van der Waals surface area contributed by atoms with Gasteiger partial charge in [0, 0.05) is 5.69 Å². The molecule has 0 atom stereocenters. The highest BCUT2D eigenvalue weighted by Crippen LogP contribution is 2.13. The van der Waals surface area contributed by atoms with Crippen LogP contribution in [0.25, 0.3) is 0 Å². The Balaban J connectivity index is 1.63. The van der Waals surface area contributed by atoms with Crippen molar-refractivity contribution in [1.82, 2.24) is 10.6 Å². The van der Waals surface area contributed by atoms with Crippen LogP contribution in [-0.4, -0.2) is 43.4 Å². The van der Waals surface area contributed by atoms with E-state index in [4.69, 9.17) is 4.74 Å². The van der Waals surface area contributed by atoms with Gasteiger partial charge in [-0.25, -0.2) is 4.39 Å². The highest BCUT2D eigenvalue weighted by molar-refractivity contribution is 7.12. The molecule has 10 heteroatoms. The molecule has 0 bridgehead atoms. The third-order valence-electron chi connectivity index (χ3n) is 3.40. The van der Waals surface area contributed by atoms with Crippen LogP contribution in [0.4, 0.5) is 10.1 Å². The van der Waals surface area contributed by atoms with E-state index >= 15 is 0 Å². The number of esters is 1. The van der Waals surface area contributed by atoms with Gasteiger partial charge in [-0.3, -0.25) is 19.2 Å². The number of carbonyl (C=O) groups is 4. The van der Waals surface area contributed by atoms with E-state index in [0.717, 1.165) is 6.07 Å². The SMILES string of the molecule is Cc1ccc(NC(=O)COC(=O)CNC(=O)CNC(=O)c2cccs2)cc1F. The molecule has 148 valence electrons. The Morgan fingerprint density at radius 3 is 2.54 bits per heavy atom. The van der Waals surface area contributed by atoms with E-state index in [-0.39, 0.29) is 12.2 Å². The van der Waals surface area contributed by atoms with Gasteiger partial charge in [-0.1, -0.05) is 12.1 Å². The number of nitrogens with one attached hydrogen (secondary N) is 3. The summed E-state index contributed by atoms with van der Waals surface area (Å²) >= 11 is 1.24. The summed E-state index contributed by atoms with van der Waals surface area (Å²) in [5.74, 6) is -2.92. The lowest BCUT2D eigenvalue weighted by Crippen LogP contribution is -2.39. The van der Waals surface area contributed by atoms with Gasteiger partial charge in [0.25, 0.3) is 11.8 Å². The van der Waals surface area contributed by atoms with Crippen LogP contribution in [-0.2, 0) is 19.1 Å². The van der Waals surface area contributed by atoms with Crippen LogP contribution < -0.4 is 16.0 Å². The summed E-state index contributed by atoms with van der Waals surface area (Å²) in [5, 5.41) is 8.79. The minimum Gasteiger partial charge on any atom is -0.454 e. The third-order valence-corrected chi connectivity index (χ3v) is 4.27. The molecule has 0 aliphatic carbocycles. The molecule has 0 saturated carbocycles. The lowest BCUT2D eigenvalue weighted by molar-refractivity contribution is -0.147. The molecule has 3 N–H and O–H groups in total. The number of rotatable bonds is 8. The maximum atomic E-state index is 13.4. The summed E-state index contributed by atoms with van der Waals surface area (Å²) in [5.41, 5.74) is 0.672. The van der Waals surface area contributed by atoms with Gasteiger partial charge < -0.3 is 20.7 Å². The lowest BCUT2D eigenvalue weighted by Gasteiger charge is -2.08. The number of amides is 3. The van der Waals surface area contributed by atoms with Crippen LogP contribution >= 0.6 is 11.3 Å². The molecular formula is C18H18FN3O5S. The van der Waals surface area contributed by atoms with Crippen molar-refractivity contribution in [2.24, 2.45) is 0 Å². The first-order chi connectivity index (χ1) is 13.3. The molecule has 1 heterocycles. The molecule has 0 spiro atoms. The zero-order valence-electron chi connectivity index (χ0n) is 14.9. The minimum atomic E-state index is -0.830. The number of benzene rings is 1. The fourth-order valence-electron chi connectivity index (χ4n) is 1.95. The zero-order valence-corrected chi connectivity index (χ0v) is 15.7. The average molecular weight is 407 g/mol. The Hall–Kier alpha value is -3.27. The molecule has 0 unspecified atom stereocenters. The van der Waals surface area contributed by atoms with Crippen LogP contribution in [0.3, 0.4) is 0 Å². The van der Waals surface area contributed by atoms with Gasteiger partial charge in [0.15, 0.2) is 6.61 Å². The van der Waals surface area contributed by atoms with Crippen molar-refractivity contribution >= 4 is 40.7 Å². The van der Waals surface area contributed by atoms with Crippen LogP contribution in [0, 0.1) is 12.7 Å². The number of aryl methyl sites for hydroxylation is 1. The Bertz CT molecular complexity index is 870. The highest BCUT2D eigenvalue weighted by Gasteiger charge is 2.12. The van der Waals surface area contributed by atoms with Crippen molar-refractivity contribution in [3.05, 3.63) is 52.0 Å². The van der Waals surface area contributed by atoms with Crippen molar-refractivity contribution in [2.45, 2.75) is 6.92 Å². The second-order valence-corrected chi connectivity index (χ2v) is 6.56. The Morgan fingerprint density at radius 2 is 1.86 bits per heavy atom. The predicted octanol–water partition coefficient (Wildman–Crippen LogP) is 1.22. The summed E-state index contributed by atoms with van der Waals surface area (Å²) in [6, 6.07) is 7.50. The average Bonchev–Trinajstić information content (AvgIpc) is 3.20. The first-order valence-corrected chi connectivity index (χ1v) is 9.03. The molecule has 28 heavy (non-hydrogen) atoms. The zero-order chi connectivity index (χ0) is 20.5. The van der Waals surface area contributed by atoms with Crippen molar-refractivity contribution in [3.8, 4) is 0 Å². The lowest BCUT2D eigenvalue weighted by atomic mass is 10.2. The van der Waals surface area contributed by atoms with Gasteiger partial charge in [0.05, 0.1) is 11.4 Å². The molecule has 8 nitrogen and oxygen atoms in total. The summed E-state index contributed by atoms with van der Waals surface area (Å²) < 4.78 is 18.1. The number of anilines is 1. The van der Waals surface area contributed by atoms with E-state index < -0.39 is 42.7 Å².